The molecule has 4 rings (SSSR count). The summed E-state index contributed by atoms with van der Waals surface area (Å²) in [5, 5.41) is 20.4. The van der Waals surface area contributed by atoms with E-state index in [1.165, 1.54) is 44.9 Å². The average Bonchev–Trinajstić information content (AvgIpc) is 2.85. The van der Waals surface area contributed by atoms with E-state index in [1.807, 2.05) is 6.92 Å². The van der Waals surface area contributed by atoms with Crippen molar-refractivity contribution in [3.63, 3.8) is 0 Å². The predicted molar refractivity (Wildman–Crippen MR) is 92.9 cm³/mol. The van der Waals surface area contributed by atoms with Crippen LogP contribution in [0.2, 0.25) is 0 Å². The number of hydrogen-bond acceptors (Lipinski definition) is 2. The average molecular weight is 321 g/mol. The maximum absolute atomic E-state index is 10.3. The van der Waals surface area contributed by atoms with E-state index in [2.05, 4.69) is 13.8 Å². The molecule has 4 saturated carbocycles. The molecule has 0 radical (unpaired) electrons. The van der Waals surface area contributed by atoms with Gasteiger partial charge in [0.1, 0.15) is 0 Å². The van der Waals surface area contributed by atoms with E-state index in [1.54, 1.807) is 0 Å². The minimum atomic E-state index is -0.140. The molecule has 132 valence electrons. The molecule has 0 heterocycles. The van der Waals surface area contributed by atoms with E-state index in [0.717, 1.165) is 36.5 Å². The monoisotopic (exact) mass is 320 g/mol. The summed E-state index contributed by atoms with van der Waals surface area (Å²) in [5.74, 6) is 3.87. The molecular formula is C21H36O2. The molecule has 0 aliphatic heterocycles. The zero-order valence-electron chi connectivity index (χ0n) is 15.3. The van der Waals surface area contributed by atoms with E-state index >= 15 is 0 Å². The number of aliphatic hydroxyl groups is 2. The minimum Gasteiger partial charge on any atom is -0.393 e. The highest BCUT2D eigenvalue weighted by molar-refractivity contribution is 5.09. The first-order valence-corrected chi connectivity index (χ1v) is 10.2. The van der Waals surface area contributed by atoms with Crippen LogP contribution in [-0.2, 0) is 0 Å². The van der Waals surface area contributed by atoms with Crippen LogP contribution >= 0.6 is 0 Å². The third-order valence-electron chi connectivity index (χ3n) is 9.29. The molecule has 23 heavy (non-hydrogen) atoms. The number of aliphatic hydroxyl groups excluding tert-OH is 2. The Balaban J connectivity index is 1.60. The zero-order chi connectivity index (χ0) is 16.4. The van der Waals surface area contributed by atoms with Gasteiger partial charge in [0, 0.05) is 0 Å². The molecule has 2 nitrogen and oxygen atoms in total. The van der Waals surface area contributed by atoms with Gasteiger partial charge in [-0.15, -0.1) is 0 Å². The van der Waals surface area contributed by atoms with Gasteiger partial charge in [0.15, 0.2) is 0 Å². The Kier molecular flexibility index (Phi) is 3.89. The van der Waals surface area contributed by atoms with Crippen LogP contribution in [-0.4, -0.2) is 22.4 Å². The molecule has 0 spiro atoms. The summed E-state index contributed by atoms with van der Waals surface area (Å²) in [6, 6.07) is 0. The molecule has 0 aromatic rings. The maximum Gasteiger partial charge on any atom is 0.0545 e. The van der Waals surface area contributed by atoms with Gasteiger partial charge >= 0.3 is 0 Å². The van der Waals surface area contributed by atoms with Gasteiger partial charge in [-0.2, -0.15) is 0 Å². The molecule has 4 aliphatic rings. The fourth-order valence-corrected chi connectivity index (χ4v) is 8.07. The lowest BCUT2D eigenvalue weighted by molar-refractivity contribution is -0.132. The third-order valence-corrected chi connectivity index (χ3v) is 9.29. The molecule has 4 fully saturated rings. The minimum absolute atomic E-state index is 0.0374. The van der Waals surface area contributed by atoms with Crippen molar-refractivity contribution in [2.75, 3.05) is 0 Å². The largest absolute Gasteiger partial charge is 0.393 e. The van der Waals surface area contributed by atoms with Gasteiger partial charge in [-0.05, 0) is 105 Å². The Morgan fingerprint density at radius 1 is 0.870 bits per heavy atom. The molecular weight excluding hydrogens is 284 g/mol. The smallest absolute Gasteiger partial charge is 0.0545 e. The van der Waals surface area contributed by atoms with Gasteiger partial charge in [-0.1, -0.05) is 13.8 Å². The number of hydrogen-bond donors (Lipinski definition) is 2. The second-order valence-corrected chi connectivity index (χ2v) is 10.1. The van der Waals surface area contributed by atoms with Gasteiger partial charge < -0.3 is 10.2 Å². The van der Waals surface area contributed by atoms with E-state index in [0.29, 0.717) is 16.7 Å². The first-order chi connectivity index (χ1) is 10.9. The number of fused-ring (bicyclic) bond motifs is 5. The summed E-state index contributed by atoms with van der Waals surface area (Å²) in [5.41, 5.74) is 0.860. The lowest BCUT2D eigenvalue weighted by Crippen LogP contribution is -2.54. The molecule has 0 aromatic heterocycles. The SMILES string of the molecule is C[C@H](O)[C@@H]1CC[C@@H]2[C@@H]3CC[C@@H]4C[C@H](O)CC[C@]4(C)[C@@H]3CC[C@@]21C. The van der Waals surface area contributed by atoms with Crippen molar-refractivity contribution in [2.45, 2.75) is 90.8 Å². The maximum atomic E-state index is 10.3. The number of rotatable bonds is 1. The topological polar surface area (TPSA) is 40.5 Å². The lowest BCUT2D eigenvalue weighted by atomic mass is 9.44. The Morgan fingerprint density at radius 3 is 2.30 bits per heavy atom. The van der Waals surface area contributed by atoms with E-state index in [4.69, 9.17) is 0 Å². The van der Waals surface area contributed by atoms with Gasteiger partial charge in [-0.25, -0.2) is 0 Å². The molecule has 0 unspecified atom stereocenters. The molecule has 2 heteroatoms. The summed E-state index contributed by atoms with van der Waals surface area (Å²) < 4.78 is 0. The van der Waals surface area contributed by atoms with E-state index in [9.17, 15) is 10.2 Å². The van der Waals surface area contributed by atoms with Crippen LogP contribution in [0.3, 0.4) is 0 Å². The van der Waals surface area contributed by atoms with Crippen LogP contribution < -0.4 is 0 Å². The summed E-state index contributed by atoms with van der Waals surface area (Å²) in [6.45, 7) is 7.08. The van der Waals surface area contributed by atoms with E-state index in [-0.39, 0.29) is 12.2 Å². The molecule has 4 aliphatic carbocycles. The molecule has 2 N–H and O–H groups in total. The van der Waals surface area contributed by atoms with Crippen LogP contribution in [0, 0.1) is 40.4 Å². The zero-order valence-corrected chi connectivity index (χ0v) is 15.3. The summed E-state index contributed by atoms with van der Waals surface area (Å²) in [4.78, 5) is 0. The van der Waals surface area contributed by atoms with Crippen LogP contribution in [0.15, 0.2) is 0 Å². The van der Waals surface area contributed by atoms with Gasteiger partial charge in [0.25, 0.3) is 0 Å². The standard InChI is InChI=1S/C21H36O2/c1-13(22)17-6-7-18-16-5-4-14-12-15(23)8-10-20(14,2)19(16)9-11-21(17,18)3/h13-19,22-23H,4-12H2,1-3H3/t13-,14+,15+,16-,17-,18+,19+,20-,21+/m0/s1. The van der Waals surface area contributed by atoms with Gasteiger partial charge in [-0.3, -0.25) is 0 Å². The van der Waals surface area contributed by atoms with Gasteiger partial charge in [0.2, 0.25) is 0 Å². The second kappa shape index (κ2) is 5.46. The van der Waals surface area contributed by atoms with Crippen LogP contribution in [0.25, 0.3) is 0 Å². The normalized spacial score (nSPS) is 57.3. The van der Waals surface area contributed by atoms with Gasteiger partial charge in [0.05, 0.1) is 12.2 Å². The quantitative estimate of drug-likeness (QED) is 0.752. The van der Waals surface area contributed by atoms with Crippen molar-refractivity contribution in [3.8, 4) is 0 Å². The summed E-state index contributed by atoms with van der Waals surface area (Å²) in [6.07, 6.45) is 11.1. The second-order valence-electron chi connectivity index (χ2n) is 10.1. The lowest BCUT2D eigenvalue weighted by Gasteiger charge is -2.61. The fraction of sp³-hybridized carbons (Fsp3) is 1.00. The molecule has 9 atom stereocenters. The third kappa shape index (κ3) is 2.27. The highest BCUT2D eigenvalue weighted by atomic mass is 16.3. The molecule has 0 aromatic carbocycles. The molecule has 0 amide bonds. The highest BCUT2D eigenvalue weighted by Crippen LogP contribution is 2.67. The fourth-order valence-electron chi connectivity index (χ4n) is 8.07. The van der Waals surface area contributed by atoms with Crippen molar-refractivity contribution in [2.24, 2.45) is 40.4 Å². The van der Waals surface area contributed by atoms with Crippen molar-refractivity contribution in [1.82, 2.24) is 0 Å². The summed E-state index contributed by atoms with van der Waals surface area (Å²) in [7, 11) is 0. The Bertz CT molecular complexity index is 461. The Labute approximate surface area is 142 Å². The van der Waals surface area contributed by atoms with Crippen molar-refractivity contribution < 1.29 is 10.2 Å². The predicted octanol–water partition coefficient (Wildman–Crippen LogP) is 4.39. The molecule has 0 bridgehead atoms. The Morgan fingerprint density at radius 2 is 1.57 bits per heavy atom. The van der Waals surface area contributed by atoms with Crippen molar-refractivity contribution >= 4 is 0 Å². The summed E-state index contributed by atoms with van der Waals surface area (Å²) >= 11 is 0. The first-order valence-electron chi connectivity index (χ1n) is 10.2. The van der Waals surface area contributed by atoms with Crippen molar-refractivity contribution in [1.29, 1.82) is 0 Å². The van der Waals surface area contributed by atoms with E-state index < -0.39 is 0 Å². The van der Waals surface area contributed by atoms with Crippen LogP contribution in [0.5, 0.6) is 0 Å². The van der Waals surface area contributed by atoms with Crippen molar-refractivity contribution in [3.05, 3.63) is 0 Å². The Hall–Kier alpha value is -0.0800. The van der Waals surface area contributed by atoms with Crippen LogP contribution in [0.4, 0.5) is 0 Å². The molecule has 0 saturated heterocycles. The van der Waals surface area contributed by atoms with Crippen LogP contribution in [0.1, 0.15) is 78.6 Å². The highest BCUT2D eigenvalue weighted by Gasteiger charge is 2.60. The first kappa shape index (κ1) is 16.4.